The van der Waals surface area contributed by atoms with Crippen LogP contribution in [0.1, 0.15) is 26.7 Å². The Morgan fingerprint density at radius 3 is 2.47 bits per heavy atom. The van der Waals surface area contributed by atoms with Crippen molar-refractivity contribution in [2.45, 2.75) is 26.7 Å². The summed E-state index contributed by atoms with van der Waals surface area (Å²) in [5.74, 6) is 2.44. The minimum Gasteiger partial charge on any atom is -0.494 e. The normalized spacial score (nSPS) is 12.7. The molecule has 1 N–H and O–H groups in total. The van der Waals surface area contributed by atoms with E-state index in [2.05, 4.69) is 19.2 Å². The number of hydrogen-bond acceptors (Lipinski definition) is 2. The van der Waals surface area contributed by atoms with Crippen molar-refractivity contribution in [3.63, 3.8) is 0 Å². The van der Waals surface area contributed by atoms with E-state index in [0.29, 0.717) is 5.92 Å². The van der Waals surface area contributed by atoms with E-state index in [9.17, 15) is 0 Å². The molecule has 0 saturated heterocycles. The Hall–Kier alpha value is -1.02. The maximum Gasteiger partial charge on any atom is 0.119 e. The minimum atomic E-state index is 0.712. The van der Waals surface area contributed by atoms with Crippen LogP contribution in [0.2, 0.25) is 0 Å². The highest BCUT2D eigenvalue weighted by atomic mass is 16.5. The molecule has 2 nitrogen and oxygen atoms in total. The molecule has 1 unspecified atom stereocenters. The van der Waals surface area contributed by atoms with Crippen molar-refractivity contribution in [2.75, 3.05) is 20.2 Å². The van der Waals surface area contributed by atoms with Gasteiger partial charge in [-0.15, -0.1) is 0 Å². The Labute approximate surface area is 105 Å². The van der Waals surface area contributed by atoms with Gasteiger partial charge in [0.1, 0.15) is 5.75 Å². The van der Waals surface area contributed by atoms with Crippen LogP contribution in [0, 0.1) is 11.8 Å². The Balaban J connectivity index is 2.26. The van der Waals surface area contributed by atoms with E-state index in [1.807, 2.05) is 37.4 Å². The van der Waals surface area contributed by atoms with Crippen LogP contribution < -0.4 is 10.1 Å². The van der Waals surface area contributed by atoms with Gasteiger partial charge in [0.05, 0.1) is 6.61 Å². The monoisotopic (exact) mass is 235 g/mol. The van der Waals surface area contributed by atoms with E-state index < -0.39 is 0 Å². The van der Waals surface area contributed by atoms with Gasteiger partial charge in [0, 0.05) is 0 Å². The van der Waals surface area contributed by atoms with E-state index >= 15 is 0 Å². The van der Waals surface area contributed by atoms with Crippen LogP contribution in [0.25, 0.3) is 0 Å². The maximum absolute atomic E-state index is 5.74. The van der Waals surface area contributed by atoms with Gasteiger partial charge in [-0.1, -0.05) is 32.0 Å². The highest BCUT2D eigenvalue weighted by molar-refractivity contribution is 5.20. The first-order valence-electron chi connectivity index (χ1n) is 6.54. The summed E-state index contributed by atoms with van der Waals surface area (Å²) in [7, 11) is 2.02. The molecule has 0 radical (unpaired) electrons. The smallest absolute Gasteiger partial charge is 0.119 e. The van der Waals surface area contributed by atoms with Crippen LogP contribution in [-0.4, -0.2) is 20.2 Å². The number of para-hydroxylation sites is 1. The first kappa shape index (κ1) is 14.0. The lowest BCUT2D eigenvalue weighted by Crippen LogP contribution is -2.22. The Morgan fingerprint density at radius 1 is 1.18 bits per heavy atom. The molecule has 2 heteroatoms. The van der Waals surface area contributed by atoms with Crippen molar-refractivity contribution in [1.82, 2.24) is 5.32 Å². The van der Waals surface area contributed by atoms with Crippen molar-refractivity contribution in [2.24, 2.45) is 11.8 Å². The fourth-order valence-electron chi connectivity index (χ4n) is 2.12. The van der Waals surface area contributed by atoms with Crippen LogP contribution >= 0.6 is 0 Å². The molecule has 0 heterocycles. The summed E-state index contributed by atoms with van der Waals surface area (Å²) in [6.45, 7) is 6.45. The molecule has 96 valence electrons. The predicted octanol–water partition coefficient (Wildman–Crippen LogP) is 3.34. The standard InChI is InChI=1S/C15H25NO/c1-13(2)11-14(12-16-3)9-10-17-15-7-5-4-6-8-15/h4-8,13-14,16H,9-12H2,1-3H3. The molecule has 0 aliphatic carbocycles. The topological polar surface area (TPSA) is 21.3 Å². The summed E-state index contributed by atoms with van der Waals surface area (Å²) >= 11 is 0. The average Bonchev–Trinajstić information content (AvgIpc) is 2.30. The van der Waals surface area contributed by atoms with E-state index in [0.717, 1.165) is 31.2 Å². The first-order valence-corrected chi connectivity index (χ1v) is 6.54. The van der Waals surface area contributed by atoms with Crippen molar-refractivity contribution in [3.05, 3.63) is 30.3 Å². The summed E-state index contributed by atoms with van der Waals surface area (Å²) in [5, 5.41) is 3.27. The highest BCUT2D eigenvalue weighted by Crippen LogP contribution is 2.16. The Morgan fingerprint density at radius 2 is 1.88 bits per heavy atom. The fraction of sp³-hybridized carbons (Fsp3) is 0.600. The Bertz CT molecular complexity index is 284. The second-order valence-corrected chi connectivity index (χ2v) is 5.00. The second-order valence-electron chi connectivity index (χ2n) is 5.00. The molecule has 0 amide bonds. The lowest BCUT2D eigenvalue weighted by atomic mass is 9.94. The van der Waals surface area contributed by atoms with Gasteiger partial charge in [0.2, 0.25) is 0 Å². The summed E-state index contributed by atoms with van der Waals surface area (Å²) in [6, 6.07) is 10.0. The number of ether oxygens (including phenoxy) is 1. The van der Waals surface area contributed by atoms with Crippen molar-refractivity contribution in [3.8, 4) is 5.75 Å². The summed E-state index contributed by atoms with van der Waals surface area (Å²) in [5.41, 5.74) is 0. The van der Waals surface area contributed by atoms with Crippen LogP contribution in [-0.2, 0) is 0 Å². The van der Waals surface area contributed by atoms with Crippen LogP contribution in [0.15, 0.2) is 30.3 Å². The SMILES string of the molecule is CNCC(CCOc1ccccc1)CC(C)C. The lowest BCUT2D eigenvalue weighted by Gasteiger charge is -2.18. The van der Waals surface area contributed by atoms with Gasteiger partial charge < -0.3 is 10.1 Å². The van der Waals surface area contributed by atoms with E-state index in [1.165, 1.54) is 6.42 Å². The molecule has 0 aromatic heterocycles. The molecule has 0 aliphatic rings. The van der Waals surface area contributed by atoms with Crippen molar-refractivity contribution < 1.29 is 4.74 Å². The number of hydrogen-bond donors (Lipinski definition) is 1. The third-order valence-corrected chi connectivity index (χ3v) is 2.84. The van der Waals surface area contributed by atoms with E-state index in [1.54, 1.807) is 0 Å². The maximum atomic E-state index is 5.74. The third-order valence-electron chi connectivity index (χ3n) is 2.84. The number of benzene rings is 1. The van der Waals surface area contributed by atoms with Gasteiger partial charge in [0.15, 0.2) is 0 Å². The molecular formula is C15H25NO. The van der Waals surface area contributed by atoms with Crippen LogP contribution in [0.3, 0.4) is 0 Å². The molecular weight excluding hydrogens is 210 g/mol. The molecule has 1 aromatic rings. The summed E-state index contributed by atoms with van der Waals surface area (Å²) < 4.78 is 5.74. The van der Waals surface area contributed by atoms with Gasteiger partial charge in [-0.3, -0.25) is 0 Å². The van der Waals surface area contributed by atoms with E-state index in [4.69, 9.17) is 4.74 Å². The number of rotatable bonds is 8. The largest absolute Gasteiger partial charge is 0.494 e. The fourth-order valence-corrected chi connectivity index (χ4v) is 2.12. The van der Waals surface area contributed by atoms with Crippen molar-refractivity contribution >= 4 is 0 Å². The molecule has 1 aromatic carbocycles. The zero-order valence-electron chi connectivity index (χ0n) is 11.3. The molecule has 1 rings (SSSR count). The highest BCUT2D eigenvalue weighted by Gasteiger charge is 2.10. The number of nitrogens with one attached hydrogen (secondary N) is 1. The first-order chi connectivity index (χ1) is 8.22. The van der Waals surface area contributed by atoms with Crippen LogP contribution in [0.4, 0.5) is 0 Å². The lowest BCUT2D eigenvalue weighted by molar-refractivity contribution is 0.259. The minimum absolute atomic E-state index is 0.712. The van der Waals surface area contributed by atoms with Gasteiger partial charge in [-0.2, -0.15) is 0 Å². The molecule has 17 heavy (non-hydrogen) atoms. The zero-order chi connectivity index (χ0) is 12.5. The molecule has 0 fully saturated rings. The quantitative estimate of drug-likeness (QED) is 0.746. The van der Waals surface area contributed by atoms with Gasteiger partial charge in [-0.05, 0) is 50.4 Å². The van der Waals surface area contributed by atoms with Gasteiger partial charge in [0.25, 0.3) is 0 Å². The predicted molar refractivity (Wildman–Crippen MR) is 73.4 cm³/mol. The second kappa shape index (κ2) is 8.13. The van der Waals surface area contributed by atoms with Gasteiger partial charge in [-0.25, -0.2) is 0 Å². The van der Waals surface area contributed by atoms with E-state index in [-0.39, 0.29) is 0 Å². The average molecular weight is 235 g/mol. The van der Waals surface area contributed by atoms with Gasteiger partial charge >= 0.3 is 0 Å². The molecule has 0 spiro atoms. The molecule has 0 aliphatic heterocycles. The molecule has 0 saturated carbocycles. The Kier molecular flexibility index (Phi) is 6.71. The zero-order valence-corrected chi connectivity index (χ0v) is 11.3. The molecule has 0 bridgehead atoms. The third kappa shape index (κ3) is 6.32. The van der Waals surface area contributed by atoms with Crippen LogP contribution in [0.5, 0.6) is 5.75 Å². The van der Waals surface area contributed by atoms with Crippen molar-refractivity contribution in [1.29, 1.82) is 0 Å². The summed E-state index contributed by atoms with van der Waals surface area (Å²) in [6.07, 6.45) is 2.38. The molecule has 1 atom stereocenters. The summed E-state index contributed by atoms with van der Waals surface area (Å²) in [4.78, 5) is 0.